The van der Waals surface area contributed by atoms with E-state index < -0.39 is 0 Å². The predicted molar refractivity (Wildman–Crippen MR) is 63.8 cm³/mol. The van der Waals surface area contributed by atoms with Gasteiger partial charge in [-0.15, -0.1) is 0 Å². The van der Waals surface area contributed by atoms with Crippen LogP contribution in [-0.2, 0) is 0 Å². The van der Waals surface area contributed by atoms with Crippen LogP contribution in [0, 0.1) is 5.92 Å². The van der Waals surface area contributed by atoms with Crippen molar-refractivity contribution >= 4 is 0 Å². The van der Waals surface area contributed by atoms with Gasteiger partial charge in [0.25, 0.3) is 0 Å². The summed E-state index contributed by atoms with van der Waals surface area (Å²) in [4.78, 5) is 7.29. The molecule has 0 radical (unpaired) electrons. The fraction of sp³-hybridized carbons (Fsp3) is 0.833. The molecule has 0 amide bonds. The van der Waals surface area contributed by atoms with Gasteiger partial charge in [0, 0.05) is 44.3 Å². The molecule has 0 bridgehead atoms. The Bertz CT molecular complexity index is 231. The maximum Gasteiger partial charge on any atom is 0.0303 e. The molecule has 1 atom stereocenters. The molecule has 0 aromatic carbocycles. The van der Waals surface area contributed by atoms with Crippen molar-refractivity contribution in [1.29, 1.82) is 0 Å². The molecule has 3 heteroatoms. The lowest BCUT2D eigenvalue weighted by atomic mass is 10.0. The highest BCUT2D eigenvalue weighted by Crippen LogP contribution is 2.24. The van der Waals surface area contributed by atoms with Gasteiger partial charge in [0.15, 0.2) is 0 Å². The summed E-state index contributed by atoms with van der Waals surface area (Å²) in [5.74, 6) is 0.707. The summed E-state index contributed by atoms with van der Waals surface area (Å²) in [5, 5.41) is 0. The normalized spacial score (nSPS) is 29.7. The molecule has 0 saturated carbocycles. The van der Waals surface area contributed by atoms with Crippen LogP contribution >= 0.6 is 0 Å². The fourth-order valence-electron chi connectivity index (χ4n) is 2.56. The zero-order valence-electron chi connectivity index (χ0n) is 10.1. The van der Waals surface area contributed by atoms with Crippen LogP contribution in [0.2, 0.25) is 0 Å². The van der Waals surface area contributed by atoms with Crippen LogP contribution in [0.25, 0.3) is 0 Å². The summed E-state index contributed by atoms with van der Waals surface area (Å²) in [6.07, 6.45) is 1.29. The molecule has 2 aliphatic heterocycles. The quantitative estimate of drug-likeness (QED) is 0.663. The van der Waals surface area contributed by atoms with Gasteiger partial charge in [-0.05, 0) is 27.1 Å². The Balaban J connectivity index is 1.85. The summed E-state index contributed by atoms with van der Waals surface area (Å²) >= 11 is 0. The number of nitrogens with zero attached hydrogens (tertiary/aromatic N) is 3. The molecule has 2 saturated heterocycles. The first-order valence-corrected chi connectivity index (χ1v) is 5.97. The fourth-order valence-corrected chi connectivity index (χ4v) is 2.56. The Morgan fingerprint density at radius 1 is 1.00 bits per heavy atom. The third kappa shape index (κ3) is 2.52. The van der Waals surface area contributed by atoms with Crippen molar-refractivity contribution < 1.29 is 0 Å². The average molecular weight is 209 g/mol. The summed E-state index contributed by atoms with van der Waals surface area (Å²) in [6, 6.07) is 0. The van der Waals surface area contributed by atoms with Crippen LogP contribution in [-0.4, -0.2) is 68.1 Å². The van der Waals surface area contributed by atoms with Crippen LogP contribution in [0.4, 0.5) is 0 Å². The predicted octanol–water partition coefficient (Wildman–Crippen LogP) is 0.699. The lowest BCUT2D eigenvalue weighted by molar-refractivity contribution is 0.173. The van der Waals surface area contributed by atoms with Gasteiger partial charge in [-0.2, -0.15) is 0 Å². The second-order valence-electron chi connectivity index (χ2n) is 5.03. The van der Waals surface area contributed by atoms with Crippen molar-refractivity contribution in [3.05, 3.63) is 12.3 Å². The molecule has 0 N–H and O–H groups in total. The highest BCUT2D eigenvalue weighted by Gasteiger charge is 2.26. The van der Waals surface area contributed by atoms with E-state index in [4.69, 9.17) is 0 Å². The zero-order chi connectivity index (χ0) is 10.8. The van der Waals surface area contributed by atoms with Crippen LogP contribution in [0.3, 0.4) is 0 Å². The second kappa shape index (κ2) is 4.54. The maximum atomic E-state index is 4.30. The van der Waals surface area contributed by atoms with Gasteiger partial charge in [-0.25, -0.2) is 0 Å². The maximum absolute atomic E-state index is 4.30. The first-order chi connectivity index (χ1) is 7.16. The molecule has 0 spiro atoms. The lowest BCUT2D eigenvalue weighted by Gasteiger charge is -2.37. The van der Waals surface area contributed by atoms with Gasteiger partial charge < -0.3 is 14.7 Å². The molecule has 2 rings (SSSR count). The van der Waals surface area contributed by atoms with Crippen molar-refractivity contribution in [3.8, 4) is 0 Å². The van der Waals surface area contributed by atoms with E-state index in [2.05, 4.69) is 35.4 Å². The summed E-state index contributed by atoms with van der Waals surface area (Å²) in [6.45, 7) is 11.4. The summed E-state index contributed by atoms with van der Waals surface area (Å²) in [7, 11) is 4.40. The van der Waals surface area contributed by atoms with E-state index in [1.165, 1.54) is 38.3 Å². The van der Waals surface area contributed by atoms with E-state index in [1.807, 2.05) is 0 Å². The minimum absolute atomic E-state index is 0.707. The number of likely N-dealkylation sites (tertiary alicyclic amines) is 1. The van der Waals surface area contributed by atoms with E-state index >= 15 is 0 Å². The van der Waals surface area contributed by atoms with Crippen LogP contribution in [0.15, 0.2) is 12.3 Å². The smallest absolute Gasteiger partial charge is 0.0303 e. The molecule has 2 heterocycles. The van der Waals surface area contributed by atoms with Crippen molar-refractivity contribution in [2.75, 3.05) is 53.4 Å². The van der Waals surface area contributed by atoms with Crippen molar-refractivity contribution in [1.82, 2.24) is 14.7 Å². The number of hydrogen-bond acceptors (Lipinski definition) is 3. The van der Waals surface area contributed by atoms with Gasteiger partial charge in [-0.3, -0.25) is 0 Å². The molecule has 2 aliphatic rings. The van der Waals surface area contributed by atoms with Crippen LogP contribution in [0.5, 0.6) is 0 Å². The Morgan fingerprint density at radius 3 is 2.20 bits per heavy atom. The molecular formula is C12H23N3. The van der Waals surface area contributed by atoms with Crippen molar-refractivity contribution in [2.24, 2.45) is 5.92 Å². The summed E-state index contributed by atoms with van der Waals surface area (Å²) < 4.78 is 0. The number of piperazine rings is 1. The Kier molecular flexibility index (Phi) is 3.32. The molecule has 86 valence electrons. The Labute approximate surface area is 93.3 Å². The van der Waals surface area contributed by atoms with E-state index in [9.17, 15) is 0 Å². The second-order valence-corrected chi connectivity index (χ2v) is 5.03. The molecule has 0 aromatic rings. The number of likely N-dealkylation sites (N-methyl/N-ethyl adjacent to an activating group) is 1. The van der Waals surface area contributed by atoms with E-state index in [1.54, 1.807) is 0 Å². The minimum atomic E-state index is 0.707. The lowest BCUT2D eigenvalue weighted by Crippen LogP contribution is -2.44. The zero-order valence-corrected chi connectivity index (χ0v) is 10.1. The van der Waals surface area contributed by atoms with Crippen molar-refractivity contribution in [3.63, 3.8) is 0 Å². The summed E-state index contributed by atoms with van der Waals surface area (Å²) in [5.41, 5.74) is 1.38. The largest absolute Gasteiger partial charge is 0.372 e. The SMILES string of the molecule is C=C([C@H]1CCN(C)C1)N1CCN(C)CC1. The van der Waals surface area contributed by atoms with Crippen molar-refractivity contribution in [2.45, 2.75) is 6.42 Å². The molecule has 3 nitrogen and oxygen atoms in total. The van der Waals surface area contributed by atoms with E-state index in [0.717, 1.165) is 13.1 Å². The minimum Gasteiger partial charge on any atom is -0.372 e. The highest BCUT2D eigenvalue weighted by atomic mass is 15.3. The van der Waals surface area contributed by atoms with E-state index in [-0.39, 0.29) is 0 Å². The topological polar surface area (TPSA) is 9.72 Å². The van der Waals surface area contributed by atoms with Gasteiger partial charge in [0.05, 0.1) is 0 Å². The standard InChI is InChI=1S/C12H23N3/c1-11(12-4-5-14(3)10-12)15-8-6-13(2)7-9-15/h12H,1,4-10H2,2-3H3/t12-/m0/s1. The molecule has 0 aromatic heterocycles. The third-order valence-corrected chi connectivity index (χ3v) is 3.77. The third-order valence-electron chi connectivity index (χ3n) is 3.77. The first-order valence-electron chi connectivity index (χ1n) is 5.97. The number of rotatable bonds is 2. The van der Waals surface area contributed by atoms with E-state index in [0.29, 0.717) is 5.92 Å². The van der Waals surface area contributed by atoms with Gasteiger partial charge in [0.1, 0.15) is 0 Å². The van der Waals surface area contributed by atoms with Gasteiger partial charge >= 0.3 is 0 Å². The van der Waals surface area contributed by atoms with Gasteiger partial charge in [-0.1, -0.05) is 6.58 Å². The first kappa shape index (κ1) is 11.0. The molecule has 0 aliphatic carbocycles. The Hall–Kier alpha value is -0.540. The highest BCUT2D eigenvalue weighted by molar-refractivity contribution is 5.04. The molecule has 0 unspecified atom stereocenters. The monoisotopic (exact) mass is 209 g/mol. The van der Waals surface area contributed by atoms with Crippen LogP contribution < -0.4 is 0 Å². The molecule has 2 fully saturated rings. The van der Waals surface area contributed by atoms with Crippen LogP contribution in [0.1, 0.15) is 6.42 Å². The Morgan fingerprint density at radius 2 is 1.67 bits per heavy atom. The van der Waals surface area contributed by atoms with Gasteiger partial charge in [0.2, 0.25) is 0 Å². The number of hydrogen-bond donors (Lipinski definition) is 0. The molecular weight excluding hydrogens is 186 g/mol. The average Bonchev–Trinajstić information content (AvgIpc) is 2.65. The molecule has 15 heavy (non-hydrogen) atoms.